The van der Waals surface area contributed by atoms with E-state index in [9.17, 15) is 4.79 Å². The zero-order valence-electron chi connectivity index (χ0n) is 18.3. The van der Waals surface area contributed by atoms with Gasteiger partial charge in [0.2, 0.25) is 0 Å². The number of ether oxygens (including phenoxy) is 1. The van der Waals surface area contributed by atoms with Crippen LogP contribution in [0.4, 0.5) is 0 Å². The summed E-state index contributed by atoms with van der Waals surface area (Å²) in [6, 6.07) is 10.2. The number of carbonyl (C=O) groups is 1. The molecule has 154 valence electrons. The molecule has 0 heterocycles. The Bertz CT molecular complexity index is 799. The third-order valence-corrected chi connectivity index (χ3v) is 6.82. The Morgan fingerprint density at radius 1 is 1.00 bits per heavy atom. The number of benzene rings is 2. The van der Waals surface area contributed by atoms with Gasteiger partial charge in [-0.2, -0.15) is 0 Å². The number of aryl methyl sites for hydroxylation is 2. The zero-order valence-corrected chi connectivity index (χ0v) is 19.3. The van der Waals surface area contributed by atoms with Gasteiger partial charge in [0.15, 0.2) is 5.52 Å². The summed E-state index contributed by atoms with van der Waals surface area (Å²) < 4.78 is 5.99. The maximum absolute atomic E-state index is 12.9. The zero-order chi connectivity index (χ0) is 20.7. The Labute approximate surface area is 191 Å². The number of hydrogen-bond donors (Lipinski definition) is 0. The molecule has 0 saturated carbocycles. The van der Waals surface area contributed by atoms with Crippen molar-refractivity contribution in [2.24, 2.45) is 5.92 Å². The predicted molar refractivity (Wildman–Crippen MR) is 130 cm³/mol. The molecule has 2 unspecified atom stereocenters. The van der Waals surface area contributed by atoms with Crippen LogP contribution in [-0.4, -0.2) is 31.0 Å². The molecular formula is C25H36LiO2P. The molecule has 2 rings (SSSR count). The Morgan fingerprint density at radius 2 is 1.66 bits per heavy atom. The van der Waals surface area contributed by atoms with E-state index < -0.39 is 0 Å². The first-order chi connectivity index (χ1) is 13.4. The van der Waals surface area contributed by atoms with Crippen LogP contribution >= 0.6 is 8.58 Å². The van der Waals surface area contributed by atoms with Gasteiger partial charge < -0.3 is 4.74 Å². The third kappa shape index (κ3) is 7.29. The fourth-order valence-corrected chi connectivity index (χ4v) is 4.68. The van der Waals surface area contributed by atoms with Gasteiger partial charge in [-0.25, -0.2) is 0 Å². The van der Waals surface area contributed by atoms with Crippen LogP contribution in [0, 0.1) is 33.6 Å². The minimum atomic E-state index is 0. The number of hydrogen-bond acceptors (Lipinski definition) is 2. The van der Waals surface area contributed by atoms with Gasteiger partial charge in [0.1, 0.15) is 5.75 Å². The van der Waals surface area contributed by atoms with Gasteiger partial charge >= 0.3 is 18.9 Å². The number of rotatable bonds is 10. The van der Waals surface area contributed by atoms with Crippen LogP contribution in [0.3, 0.4) is 0 Å². The molecule has 2 aromatic carbocycles. The monoisotopic (exact) mass is 406 g/mol. The van der Waals surface area contributed by atoms with E-state index in [1.807, 2.05) is 31.2 Å². The summed E-state index contributed by atoms with van der Waals surface area (Å²) in [5.74, 6) is 1.52. The summed E-state index contributed by atoms with van der Waals surface area (Å²) in [6.45, 7) is 13.5. The summed E-state index contributed by atoms with van der Waals surface area (Å²) >= 11 is 0. The van der Waals surface area contributed by atoms with Crippen LogP contribution < -0.4 is 10.0 Å². The number of unbranched alkanes of at least 4 members (excludes halogenated alkanes) is 1. The molecule has 0 spiro atoms. The Balaban J connectivity index is 0.00000420. The Hall–Kier alpha value is -1.06. The summed E-state index contributed by atoms with van der Waals surface area (Å²) in [4.78, 5) is 12.9. The van der Waals surface area contributed by atoms with E-state index in [4.69, 9.17) is 4.74 Å². The van der Waals surface area contributed by atoms with E-state index in [1.165, 1.54) is 30.4 Å². The van der Waals surface area contributed by atoms with Crippen molar-refractivity contribution in [3.63, 3.8) is 0 Å². The van der Waals surface area contributed by atoms with Crippen molar-refractivity contribution in [1.29, 1.82) is 0 Å². The first-order valence-corrected chi connectivity index (χ1v) is 11.5. The molecular weight excluding hydrogens is 370 g/mol. The van der Waals surface area contributed by atoms with Gasteiger partial charge in [0, 0.05) is 5.56 Å². The van der Waals surface area contributed by atoms with E-state index >= 15 is 0 Å². The topological polar surface area (TPSA) is 26.3 Å². The molecule has 0 aliphatic carbocycles. The Morgan fingerprint density at radius 3 is 2.24 bits per heavy atom. The van der Waals surface area contributed by atoms with E-state index in [2.05, 4.69) is 40.7 Å². The molecule has 0 aliphatic rings. The molecule has 29 heavy (non-hydrogen) atoms. The van der Waals surface area contributed by atoms with E-state index in [0.717, 1.165) is 40.8 Å². The molecule has 4 heteroatoms. The summed E-state index contributed by atoms with van der Waals surface area (Å²) in [5.41, 5.74) is 5.78. The second-order valence-electron chi connectivity index (χ2n) is 7.84. The van der Waals surface area contributed by atoms with Gasteiger partial charge in [-0.3, -0.25) is 4.79 Å². The van der Waals surface area contributed by atoms with Crippen molar-refractivity contribution in [3.8, 4) is 5.75 Å². The number of carbonyl (C=O) groups excluding carboxylic acids is 1. The minimum absolute atomic E-state index is 0. The van der Waals surface area contributed by atoms with Crippen LogP contribution in [0.2, 0.25) is 0 Å². The van der Waals surface area contributed by atoms with Crippen molar-refractivity contribution in [3.05, 3.63) is 58.1 Å². The molecule has 0 bridgehead atoms. The van der Waals surface area contributed by atoms with Crippen LogP contribution in [0.25, 0.3) is 0 Å². The van der Waals surface area contributed by atoms with E-state index in [1.54, 1.807) is 0 Å². The normalized spacial score (nSPS) is 12.1. The first kappa shape index (κ1) is 26.0. The van der Waals surface area contributed by atoms with Crippen molar-refractivity contribution < 1.29 is 9.53 Å². The van der Waals surface area contributed by atoms with Crippen LogP contribution in [-0.2, 0) is 0 Å². The van der Waals surface area contributed by atoms with Crippen molar-refractivity contribution >= 4 is 38.3 Å². The maximum atomic E-state index is 12.9. The average molecular weight is 406 g/mol. The van der Waals surface area contributed by atoms with Crippen molar-refractivity contribution in [2.45, 2.75) is 67.2 Å². The van der Waals surface area contributed by atoms with Gasteiger partial charge in [-0.1, -0.05) is 51.3 Å². The van der Waals surface area contributed by atoms with Crippen molar-refractivity contribution in [2.75, 3.05) is 6.61 Å². The van der Waals surface area contributed by atoms with Gasteiger partial charge in [-0.15, -0.1) is 0 Å². The Kier molecular flexibility index (Phi) is 11.3. The third-order valence-electron chi connectivity index (χ3n) is 5.72. The van der Waals surface area contributed by atoms with E-state index in [-0.39, 0.29) is 33.0 Å². The van der Waals surface area contributed by atoms with Gasteiger partial charge in [0.05, 0.1) is 6.61 Å². The standard InChI is InChI=1S/C25H35O2P.Li.H/c1-7-9-10-21(8-2)16-27-22-11-13-23(14-12-22)28-25(26)24-18(4)15-17(3)19(5)20(24)6;;/h11-15,21,28H,7-10,16H2,1-6H3;;. The summed E-state index contributed by atoms with van der Waals surface area (Å²) in [6.07, 6.45) is 4.89. The first-order valence-electron chi connectivity index (χ1n) is 10.5. The molecule has 0 fully saturated rings. The van der Waals surface area contributed by atoms with Gasteiger partial charge in [0.25, 0.3) is 0 Å². The SMILES string of the molecule is CCCCC(CC)COc1ccc(PC(=O)c2c(C)cc(C)c(C)c2C)cc1.[LiH]. The van der Waals surface area contributed by atoms with Crippen LogP contribution in [0.5, 0.6) is 5.75 Å². The molecule has 2 nitrogen and oxygen atoms in total. The van der Waals surface area contributed by atoms with Crippen molar-refractivity contribution in [1.82, 2.24) is 0 Å². The molecule has 0 aromatic heterocycles. The molecule has 0 radical (unpaired) electrons. The molecule has 2 atom stereocenters. The van der Waals surface area contributed by atoms with Gasteiger partial charge in [-0.05, 0) is 88.3 Å². The molecule has 0 N–H and O–H groups in total. The van der Waals surface area contributed by atoms with Crippen LogP contribution in [0.1, 0.15) is 72.1 Å². The summed E-state index contributed by atoms with van der Waals surface area (Å²) in [5, 5.41) is 1.06. The summed E-state index contributed by atoms with van der Waals surface area (Å²) in [7, 11) is 0.141. The average Bonchev–Trinajstić information content (AvgIpc) is 2.67. The second kappa shape index (κ2) is 12.6. The molecule has 0 aliphatic heterocycles. The molecule has 0 amide bonds. The quantitative estimate of drug-likeness (QED) is 0.357. The fraction of sp³-hybridized carbons (Fsp3) is 0.480. The molecule has 0 saturated heterocycles. The second-order valence-corrected chi connectivity index (χ2v) is 9.12. The predicted octanol–water partition coefficient (Wildman–Crippen LogP) is 6.01. The molecule has 2 aromatic rings. The fourth-order valence-electron chi connectivity index (χ4n) is 3.57. The van der Waals surface area contributed by atoms with E-state index in [0.29, 0.717) is 5.92 Å². The van der Waals surface area contributed by atoms with Crippen LogP contribution in [0.15, 0.2) is 30.3 Å².